The van der Waals surface area contributed by atoms with Crippen LogP contribution in [0.2, 0.25) is 5.02 Å². The molecule has 0 saturated carbocycles. The number of aliphatic imine (C=N–C) groups is 1. The van der Waals surface area contributed by atoms with Crippen LogP contribution in [0.15, 0.2) is 35.5 Å². The van der Waals surface area contributed by atoms with Crippen molar-refractivity contribution in [1.29, 1.82) is 0 Å². The van der Waals surface area contributed by atoms with Crippen molar-refractivity contribution < 1.29 is 27.5 Å². The van der Waals surface area contributed by atoms with E-state index in [4.69, 9.17) is 11.6 Å². The Bertz CT molecular complexity index is 1350. The maximum atomic E-state index is 14.7. The van der Waals surface area contributed by atoms with Crippen molar-refractivity contribution >= 4 is 23.2 Å². The molecule has 2 atom stereocenters. The third-order valence-electron chi connectivity index (χ3n) is 5.49. The van der Waals surface area contributed by atoms with Gasteiger partial charge in [0.25, 0.3) is 5.91 Å². The van der Waals surface area contributed by atoms with Crippen molar-refractivity contribution in [2.45, 2.75) is 39.1 Å². The highest BCUT2D eigenvalue weighted by atomic mass is 35.5. The van der Waals surface area contributed by atoms with Gasteiger partial charge >= 0.3 is 6.18 Å². The second-order valence-corrected chi connectivity index (χ2v) is 8.48. The molecule has 1 aromatic carbocycles. The van der Waals surface area contributed by atoms with Gasteiger partial charge in [0.05, 0.1) is 33.8 Å². The van der Waals surface area contributed by atoms with E-state index >= 15 is 0 Å². The van der Waals surface area contributed by atoms with Gasteiger partial charge in [-0.2, -0.15) is 13.2 Å². The van der Waals surface area contributed by atoms with Crippen molar-refractivity contribution in [3.8, 4) is 5.69 Å². The fourth-order valence-electron chi connectivity index (χ4n) is 3.90. The SMILES string of the molecule is Cc1c(C(=O)NC[C@@H](C)O)nc2n1-c1ccc(C(F)(F)F)c(Cl)c1C(c1ncccc1F)=N[C@H]2C. The Labute approximate surface area is 202 Å². The second kappa shape index (κ2) is 9.04. The Hall–Kier alpha value is -3.31. The van der Waals surface area contributed by atoms with Crippen molar-refractivity contribution in [1.82, 2.24) is 19.9 Å². The monoisotopic (exact) mass is 509 g/mol. The topological polar surface area (TPSA) is 92.4 Å². The zero-order chi connectivity index (χ0) is 25.7. The molecule has 3 heterocycles. The molecule has 0 unspecified atom stereocenters. The summed E-state index contributed by atoms with van der Waals surface area (Å²) in [4.78, 5) is 25.6. The summed E-state index contributed by atoms with van der Waals surface area (Å²) in [5.74, 6) is -1.11. The van der Waals surface area contributed by atoms with E-state index in [0.29, 0.717) is 5.69 Å². The molecule has 2 aromatic heterocycles. The first kappa shape index (κ1) is 24.8. The molecule has 1 aliphatic rings. The van der Waals surface area contributed by atoms with Crippen LogP contribution in [0.1, 0.15) is 58.7 Å². The van der Waals surface area contributed by atoms with E-state index in [1.165, 1.54) is 29.8 Å². The number of aliphatic hydroxyl groups excluding tert-OH is 1. The number of fused-ring (bicyclic) bond motifs is 3. The van der Waals surface area contributed by atoms with Gasteiger partial charge in [-0.25, -0.2) is 9.37 Å². The van der Waals surface area contributed by atoms with E-state index in [1.54, 1.807) is 13.8 Å². The van der Waals surface area contributed by atoms with Crippen LogP contribution in [0, 0.1) is 12.7 Å². The van der Waals surface area contributed by atoms with Crippen LogP contribution in [0.4, 0.5) is 17.6 Å². The van der Waals surface area contributed by atoms with E-state index < -0.39 is 40.6 Å². The highest BCUT2D eigenvalue weighted by molar-refractivity contribution is 6.37. The number of carbonyl (C=O) groups excluding carboxylic acids is 1. The lowest BCUT2D eigenvalue weighted by Crippen LogP contribution is -2.31. The fourth-order valence-corrected chi connectivity index (χ4v) is 4.25. The number of hydrogen-bond donors (Lipinski definition) is 2. The zero-order valence-corrected chi connectivity index (χ0v) is 19.5. The number of rotatable bonds is 4. The minimum atomic E-state index is -4.78. The molecular weight excluding hydrogens is 490 g/mol. The maximum absolute atomic E-state index is 14.7. The van der Waals surface area contributed by atoms with Gasteiger partial charge in [-0.15, -0.1) is 0 Å². The van der Waals surface area contributed by atoms with Crippen LogP contribution >= 0.6 is 11.6 Å². The Morgan fingerprint density at radius 1 is 1.31 bits per heavy atom. The lowest BCUT2D eigenvalue weighted by atomic mass is 10.00. The quantitative estimate of drug-likeness (QED) is 0.510. The van der Waals surface area contributed by atoms with E-state index in [-0.39, 0.29) is 40.7 Å². The predicted molar refractivity (Wildman–Crippen MR) is 121 cm³/mol. The summed E-state index contributed by atoms with van der Waals surface area (Å²) in [7, 11) is 0. The molecule has 0 spiro atoms. The molecule has 35 heavy (non-hydrogen) atoms. The van der Waals surface area contributed by atoms with Gasteiger partial charge in [0.2, 0.25) is 0 Å². The van der Waals surface area contributed by atoms with E-state index in [9.17, 15) is 27.5 Å². The minimum Gasteiger partial charge on any atom is -0.392 e. The maximum Gasteiger partial charge on any atom is 0.417 e. The second-order valence-electron chi connectivity index (χ2n) is 8.10. The van der Waals surface area contributed by atoms with E-state index in [1.807, 2.05) is 0 Å². The summed E-state index contributed by atoms with van der Waals surface area (Å²) in [5.41, 5.74) is -1.26. The number of carbonyl (C=O) groups is 1. The van der Waals surface area contributed by atoms with Crippen molar-refractivity contribution in [3.63, 3.8) is 0 Å². The third-order valence-corrected chi connectivity index (χ3v) is 5.88. The van der Waals surface area contributed by atoms with Crippen LogP contribution in [-0.4, -0.2) is 43.9 Å². The first-order valence-corrected chi connectivity index (χ1v) is 10.9. The summed E-state index contributed by atoms with van der Waals surface area (Å²) in [5, 5.41) is 11.3. The molecule has 0 bridgehead atoms. The Kier molecular flexibility index (Phi) is 6.41. The first-order chi connectivity index (χ1) is 16.4. The zero-order valence-electron chi connectivity index (χ0n) is 18.8. The normalized spacial score (nSPS) is 16.1. The Balaban J connectivity index is 2.02. The number of halogens is 5. The summed E-state index contributed by atoms with van der Waals surface area (Å²) < 4.78 is 57.4. The number of alkyl halides is 3. The number of amides is 1. The van der Waals surface area contributed by atoms with Gasteiger partial charge in [0.15, 0.2) is 5.82 Å². The molecule has 1 aliphatic heterocycles. The molecule has 0 radical (unpaired) electrons. The van der Waals surface area contributed by atoms with Gasteiger partial charge in [-0.1, -0.05) is 11.6 Å². The average molecular weight is 510 g/mol. The minimum absolute atomic E-state index is 0.0112. The lowest BCUT2D eigenvalue weighted by molar-refractivity contribution is -0.137. The fraction of sp³-hybridized carbons (Fsp3) is 0.304. The van der Waals surface area contributed by atoms with Crippen LogP contribution in [0.25, 0.3) is 5.69 Å². The van der Waals surface area contributed by atoms with Crippen LogP contribution in [0.5, 0.6) is 0 Å². The molecule has 2 N–H and O–H groups in total. The van der Waals surface area contributed by atoms with Gasteiger partial charge < -0.3 is 10.4 Å². The number of aromatic nitrogens is 3. The average Bonchev–Trinajstić information content (AvgIpc) is 3.06. The van der Waals surface area contributed by atoms with Crippen LogP contribution in [-0.2, 0) is 6.18 Å². The number of nitrogens with zero attached hydrogens (tertiary/aromatic N) is 4. The highest BCUT2D eigenvalue weighted by Crippen LogP contribution is 2.42. The molecule has 7 nitrogen and oxygen atoms in total. The van der Waals surface area contributed by atoms with Gasteiger partial charge in [-0.3, -0.25) is 19.3 Å². The summed E-state index contributed by atoms with van der Waals surface area (Å²) in [6, 6.07) is 3.67. The largest absolute Gasteiger partial charge is 0.417 e. The smallest absolute Gasteiger partial charge is 0.392 e. The molecule has 4 rings (SSSR count). The first-order valence-electron chi connectivity index (χ1n) is 10.6. The van der Waals surface area contributed by atoms with Gasteiger partial charge in [0, 0.05) is 18.3 Å². The molecule has 0 aliphatic carbocycles. The number of imidazole rings is 1. The predicted octanol–water partition coefficient (Wildman–Crippen LogP) is 4.41. The summed E-state index contributed by atoms with van der Waals surface area (Å²) in [6.07, 6.45) is -4.28. The Morgan fingerprint density at radius 2 is 2.03 bits per heavy atom. The van der Waals surface area contributed by atoms with Crippen molar-refractivity contribution in [2.75, 3.05) is 6.54 Å². The van der Waals surface area contributed by atoms with Gasteiger partial charge in [-0.05, 0) is 45.0 Å². The molecule has 0 fully saturated rings. The van der Waals surface area contributed by atoms with Crippen LogP contribution in [0.3, 0.4) is 0 Å². The molecule has 3 aromatic rings. The lowest BCUT2D eigenvalue weighted by Gasteiger charge is -2.18. The van der Waals surface area contributed by atoms with Crippen molar-refractivity contribution in [2.24, 2.45) is 4.99 Å². The summed E-state index contributed by atoms with van der Waals surface area (Å²) >= 11 is 6.31. The Morgan fingerprint density at radius 3 is 2.66 bits per heavy atom. The number of hydrogen-bond acceptors (Lipinski definition) is 5. The number of benzene rings is 1. The number of nitrogens with one attached hydrogen (secondary N) is 1. The van der Waals surface area contributed by atoms with Crippen molar-refractivity contribution in [3.05, 3.63) is 75.3 Å². The van der Waals surface area contributed by atoms with E-state index in [2.05, 4.69) is 20.3 Å². The van der Waals surface area contributed by atoms with Gasteiger partial charge in [0.1, 0.15) is 23.3 Å². The molecule has 184 valence electrons. The van der Waals surface area contributed by atoms with E-state index in [0.717, 1.165) is 12.1 Å². The standard InChI is InChI=1S/C23H20ClF4N5O2/c1-10(34)9-30-22(35)18-12(3)33-15-7-6-13(23(26,27)28)17(24)16(15)20(31-11(2)21(33)32-18)19-14(25)5-4-8-29-19/h4-8,10-11,34H,9H2,1-3H3,(H,30,35)/t10-,11+/m1/s1. The molecule has 12 heteroatoms. The summed E-state index contributed by atoms with van der Waals surface area (Å²) in [6.45, 7) is 4.67. The number of pyridine rings is 1. The molecular formula is C23H20ClF4N5O2. The highest BCUT2D eigenvalue weighted by Gasteiger charge is 2.38. The molecule has 0 saturated heterocycles. The van der Waals surface area contributed by atoms with Crippen LogP contribution < -0.4 is 5.32 Å². The molecule has 1 amide bonds. The third kappa shape index (κ3) is 4.41. The number of aliphatic hydroxyl groups is 1.